The third kappa shape index (κ3) is 2.22. The fourth-order valence-electron chi connectivity index (χ4n) is 1.25. The molecular weight excluding hydrogens is 178 g/mol. The second kappa shape index (κ2) is 4.60. The van der Waals surface area contributed by atoms with Gasteiger partial charge in [0.05, 0.1) is 5.69 Å². The van der Waals surface area contributed by atoms with Gasteiger partial charge in [-0.2, -0.15) is 0 Å². The molecule has 4 heteroatoms. The third-order valence-corrected chi connectivity index (χ3v) is 1.91. The van der Waals surface area contributed by atoms with Crippen molar-refractivity contribution in [1.29, 1.82) is 0 Å². The van der Waals surface area contributed by atoms with Gasteiger partial charge in [-0.05, 0) is 20.3 Å². The van der Waals surface area contributed by atoms with E-state index in [1.807, 2.05) is 13.8 Å². The van der Waals surface area contributed by atoms with Crippen LogP contribution in [0.25, 0.3) is 0 Å². The summed E-state index contributed by atoms with van der Waals surface area (Å²) in [5.41, 5.74) is 1.35. The van der Waals surface area contributed by atoms with E-state index in [9.17, 15) is 4.79 Å². The van der Waals surface area contributed by atoms with E-state index in [2.05, 4.69) is 21.9 Å². The third-order valence-electron chi connectivity index (χ3n) is 1.91. The molecule has 0 aliphatic rings. The second-order valence-corrected chi connectivity index (χ2v) is 3.00. The first-order valence-electron chi connectivity index (χ1n) is 4.63. The minimum atomic E-state index is -0.0895. The van der Waals surface area contributed by atoms with Gasteiger partial charge < -0.3 is 5.32 Å². The average Bonchev–Trinajstić information content (AvgIpc) is 2.12. The summed E-state index contributed by atoms with van der Waals surface area (Å²) in [5.74, 6) is 0.530. The van der Waals surface area contributed by atoms with Gasteiger partial charge in [-0.1, -0.05) is 6.08 Å². The molecule has 0 saturated carbocycles. The summed E-state index contributed by atoms with van der Waals surface area (Å²) in [6.45, 7) is 8.12. The lowest BCUT2D eigenvalue weighted by Gasteiger charge is -2.05. The minimum Gasteiger partial charge on any atom is -0.356 e. The van der Waals surface area contributed by atoms with Crippen LogP contribution in [0.5, 0.6) is 0 Å². The summed E-state index contributed by atoms with van der Waals surface area (Å²) < 4.78 is 0. The van der Waals surface area contributed by atoms with Crippen LogP contribution in [-0.4, -0.2) is 16.5 Å². The summed E-state index contributed by atoms with van der Waals surface area (Å²) in [5, 5.41) is 2.97. The predicted molar refractivity (Wildman–Crippen MR) is 57.7 cm³/mol. The Morgan fingerprint density at radius 1 is 1.64 bits per heavy atom. The number of aromatic nitrogens is 2. The first kappa shape index (κ1) is 10.5. The van der Waals surface area contributed by atoms with E-state index in [0.717, 1.165) is 12.2 Å². The van der Waals surface area contributed by atoms with Gasteiger partial charge in [-0.3, -0.25) is 9.78 Å². The lowest BCUT2D eigenvalue weighted by Crippen LogP contribution is -2.18. The molecule has 1 rings (SSSR count). The average molecular weight is 193 g/mol. The first-order valence-corrected chi connectivity index (χ1v) is 4.63. The highest BCUT2D eigenvalue weighted by atomic mass is 16.1. The second-order valence-electron chi connectivity index (χ2n) is 3.00. The van der Waals surface area contributed by atoms with Crippen LogP contribution in [0.1, 0.15) is 18.2 Å². The Labute approximate surface area is 83.1 Å². The highest BCUT2D eigenvalue weighted by molar-refractivity contribution is 5.29. The van der Waals surface area contributed by atoms with Crippen molar-refractivity contribution in [2.75, 3.05) is 11.9 Å². The molecule has 1 heterocycles. The number of aromatic amines is 1. The number of anilines is 1. The van der Waals surface area contributed by atoms with E-state index in [1.165, 1.54) is 0 Å². The van der Waals surface area contributed by atoms with Crippen LogP contribution in [0.15, 0.2) is 17.4 Å². The van der Waals surface area contributed by atoms with Crippen LogP contribution < -0.4 is 10.9 Å². The monoisotopic (exact) mass is 193 g/mol. The zero-order valence-electron chi connectivity index (χ0n) is 8.55. The van der Waals surface area contributed by atoms with Gasteiger partial charge in [0, 0.05) is 12.1 Å². The number of rotatable bonds is 4. The molecule has 0 atom stereocenters. The predicted octanol–water partition coefficient (Wildman–Crippen LogP) is 1.24. The van der Waals surface area contributed by atoms with E-state index in [-0.39, 0.29) is 5.56 Å². The van der Waals surface area contributed by atoms with Crippen molar-refractivity contribution in [1.82, 2.24) is 9.97 Å². The molecule has 0 saturated heterocycles. The molecule has 0 bridgehead atoms. The fraction of sp³-hybridized carbons (Fsp3) is 0.400. The first-order chi connectivity index (χ1) is 6.69. The normalized spacial score (nSPS) is 9.86. The van der Waals surface area contributed by atoms with Crippen LogP contribution in [0.3, 0.4) is 0 Å². The molecule has 0 aromatic carbocycles. The Kier molecular flexibility index (Phi) is 3.45. The smallest absolute Gasteiger partial charge is 0.256 e. The van der Waals surface area contributed by atoms with E-state index >= 15 is 0 Å². The van der Waals surface area contributed by atoms with E-state index in [4.69, 9.17) is 0 Å². The number of nitrogens with one attached hydrogen (secondary N) is 2. The van der Waals surface area contributed by atoms with Gasteiger partial charge >= 0.3 is 0 Å². The molecule has 0 spiro atoms. The van der Waals surface area contributed by atoms with Gasteiger partial charge in [-0.25, -0.2) is 4.98 Å². The minimum absolute atomic E-state index is 0.0895. The van der Waals surface area contributed by atoms with E-state index < -0.39 is 0 Å². The zero-order valence-corrected chi connectivity index (χ0v) is 8.55. The largest absolute Gasteiger partial charge is 0.356 e. The maximum absolute atomic E-state index is 11.5. The molecule has 0 radical (unpaired) electrons. The lowest BCUT2D eigenvalue weighted by atomic mass is 10.2. The number of hydrogen-bond donors (Lipinski definition) is 2. The number of nitrogens with zero attached hydrogens (tertiary/aromatic N) is 1. The number of hydrogen-bond acceptors (Lipinski definition) is 3. The summed E-state index contributed by atoms with van der Waals surface area (Å²) in [6.07, 6.45) is 2.26. The van der Waals surface area contributed by atoms with Gasteiger partial charge in [-0.15, -0.1) is 6.58 Å². The van der Waals surface area contributed by atoms with Crippen LogP contribution in [0, 0.1) is 6.92 Å². The molecule has 2 N–H and O–H groups in total. The van der Waals surface area contributed by atoms with Gasteiger partial charge in [0.2, 0.25) is 5.95 Å². The van der Waals surface area contributed by atoms with Crippen molar-refractivity contribution in [2.24, 2.45) is 0 Å². The molecule has 14 heavy (non-hydrogen) atoms. The molecular formula is C10H15N3O. The fourth-order valence-corrected chi connectivity index (χ4v) is 1.25. The molecule has 1 aromatic heterocycles. The Balaban J connectivity index is 3.11. The van der Waals surface area contributed by atoms with Crippen molar-refractivity contribution in [3.8, 4) is 0 Å². The summed E-state index contributed by atoms with van der Waals surface area (Å²) in [6, 6.07) is 0. The van der Waals surface area contributed by atoms with Crippen molar-refractivity contribution >= 4 is 5.95 Å². The molecule has 1 aromatic rings. The van der Waals surface area contributed by atoms with Crippen LogP contribution in [-0.2, 0) is 6.42 Å². The van der Waals surface area contributed by atoms with Gasteiger partial charge in [0.25, 0.3) is 5.56 Å². The van der Waals surface area contributed by atoms with Crippen LogP contribution in [0.2, 0.25) is 0 Å². The van der Waals surface area contributed by atoms with Crippen molar-refractivity contribution in [3.63, 3.8) is 0 Å². The van der Waals surface area contributed by atoms with Gasteiger partial charge in [0.15, 0.2) is 0 Å². The van der Waals surface area contributed by atoms with Crippen molar-refractivity contribution in [2.45, 2.75) is 20.3 Å². The Bertz CT molecular complexity index is 381. The highest BCUT2D eigenvalue weighted by Crippen LogP contribution is 2.03. The zero-order chi connectivity index (χ0) is 10.6. The lowest BCUT2D eigenvalue weighted by molar-refractivity contribution is 0.976. The van der Waals surface area contributed by atoms with Crippen molar-refractivity contribution in [3.05, 3.63) is 34.3 Å². The molecule has 0 amide bonds. The number of allylic oxidation sites excluding steroid dienone is 1. The van der Waals surface area contributed by atoms with Crippen LogP contribution in [0.4, 0.5) is 5.95 Å². The molecule has 76 valence electrons. The SMILES string of the molecule is C=CCc1c(C)nc(NCC)[nH]c1=O. The Morgan fingerprint density at radius 2 is 2.36 bits per heavy atom. The quantitative estimate of drug-likeness (QED) is 0.707. The summed E-state index contributed by atoms with van der Waals surface area (Å²) in [7, 11) is 0. The summed E-state index contributed by atoms with van der Waals surface area (Å²) >= 11 is 0. The van der Waals surface area contributed by atoms with E-state index in [0.29, 0.717) is 17.9 Å². The molecule has 0 aliphatic carbocycles. The maximum Gasteiger partial charge on any atom is 0.256 e. The number of H-pyrrole nitrogens is 1. The van der Waals surface area contributed by atoms with Crippen molar-refractivity contribution < 1.29 is 0 Å². The molecule has 0 aliphatic heterocycles. The molecule has 0 unspecified atom stereocenters. The highest BCUT2D eigenvalue weighted by Gasteiger charge is 2.05. The Hall–Kier alpha value is -1.58. The van der Waals surface area contributed by atoms with Gasteiger partial charge in [0.1, 0.15) is 0 Å². The molecule has 4 nitrogen and oxygen atoms in total. The summed E-state index contributed by atoms with van der Waals surface area (Å²) in [4.78, 5) is 18.4. The van der Waals surface area contributed by atoms with Crippen LogP contribution >= 0.6 is 0 Å². The number of aryl methyl sites for hydroxylation is 1. The van der Waals surface area contributed by atoms with E-state index in [1.54, 1.807) is 6.08 Å². The topological polar surface area (TPSA) is 57.8 Å². The Morgan fingerprint density at radius 3 is 2.86 bits per heavy atom. The molecule has 0 fully saturated rings. The maximum atomic E-state index is 11.5. The standard InChI is InChI=1S/C10H15N3O/c1-4-6-8-7(3)12-10(11-5-2)13-9(8)14/h4H,1,5-6H2,2-3H3,(H2,11,12,13,14).